The number of benzene rings is 2. The fraction of sp³-hybridized carbons (Fsp3) is 0.300. The number of methoxy groups -OCH3 is 1. The van der Waals surface area contributed by atoms with Gasteiger partial charge in [-0.25, -0.2) is 4.39 Å². The van der Waals surface area contributed by atoms with E-state index in [9.17, 15) is 27.2 Å². The van der Waals surface area contributed by atoms with Crippen molar-refractivity contribution in [1.29, 1.82) is 0 Å². The topological polar surface area (TPSA) is 67.4 Å². The Kier molecular flexibility index (Phi) is 7.58. The third kappa shape index (κ3) is 6.78. The van der Waals surface area contributed by atoms with E-state index in [1.807, 2.05) is 0 Å². The van der Waals surface area contributed by atoms with E-state index in [2.05, 4.69) is 10.6 Å². The molecule has 2 amide bonds. The van der Waals surface area contributed by atoms with Gasteiger partial charge in [-0.1, -0.05) is 6.07 Å². The molecular formula is C20H20F4N2O3. The smallest absolute Gasteiger partial charge is 0.416 e. The molecule has 0 aliphatic heterocycles. The fourth-order valence-corrected chi connectivity index (χ4v) is 2.50. The average molecular weight is 412 g/mol. The van der Waals surface area contributed by atoms with Crippen LogP contribution in [-0.2, 0) is 17.4 Å². The monoisotopic (exact) mass is 412 g/mol. The van der Waals surface area contributed by atoms with Crippen LogP contribution in [0.25, 0.3) is 0 Å². The summed E-state index contributed by atoms with van der Waals surface area (Å²) in [4.78, 5) is 23.7. The predicted molar refractivity (Wildman–Crippen MR) is 98.1 cm³/mol. The molecule has 0 heterocycles. The van der Waals surface area contributed by atoms with Crippen LogP contribution in [0.3, 0.4) is 0 Å². The standard InChI is InChI=1S/C20H20F4N2O3/c1-29-17-8-2-13(12-16(17)21)3-9-18(27)25-10-11-26-19(28)14-4-6-15(7-5-14)20(22,23)24/h2,4-8,12H,3,9-11H2,1H3,(H,25,27)(H,26,28). The average Bonchev–Trinajstić information content (AvgIpc) is 2.69. The zero-order valence-electron chi connectivity index (χ0n) is 15.6. The minimum absolute atomic E-state index is 0.0888. The van der Waals surface area contributed by atoms with E-state index in [1.165, 1.54) is 19.2 Å². The van der Waals surface area contributed by atoms with Gasteiger partial charge in [0, 0.05) is 25.1 Å². The normalized spacial score (nSPS) is 11.1. The van der Waals surface area contributed by atoms with E-state index in [0.29, 0.717) is 12.0 Å². The lowest BCUT2D eigenvalue weighted by molar-refractivity contribution is -0.137. The first-order valence-corrected chi connectivity index (χ1v) is 8.75. The number of nitrogens with one attached hydrogen (secondary N) is 2. The van der Waals surface area contributed by atoms with Gasteiger partial charge in [-0.3, -0.25) is 9.59 Å². The lowest BCUT2D eigenvalue weighted by Crippen LogP contribution is -2.34. The second-order valence-corrected chi connectivity index (χ2v) is 6.15. The zero-order chi connectivity index (χ0) is 21.4. The summed E-state index contributed by atoms with van der Waals surface area (Å²) in [5.41, 5.74) is -0.0991. The van der Waals surface area contributed by atoms with Crippen molar-refractivity contribution < 1.29 is 31.9 Å². The number of amides is 2. The van der Waals surface area contributed by atoms with Gasteiger partial charge in [-0.2, -0.15) is 13.2 Å². The van der Waals surface area contributed by atoms with E-state index in [0.717, 1.165) is 24.3 Å². The van der Waals surface area contributed by atoms with Gasteiger partial charge >= 0.3 is 6.18 Å². The van der Waals surface area contributed by atoms with Crippen molar-refractivity contribution >= 4 is 11.8 Å². The molecule has 0 bridgehead atoms. The molecule has 2 N–H and O–H groups in total. The maximum Gasteiger partial charge on any atom is 0.416 e. The number of ether oxygens (including phenoxy) is 1. The maximum atomic E-state index is 13.6. The molecule has 9 heteroatoms. The highest BCUT2D eigenvalue weighted by molar-refractivity contribution is 5.94. The van der Waals surface area contributed by atoms with Crippen molar-refractivity contribution in [3.05, 3.63) is 65.0 Å². The van der Waals surface area contributed by atoms with Gasteiger partial charge in [0.25, 0.3) is 5.91 Å². The van der Waals surface area contributed by atoms with Crippen molar-refractivity contribution in [3.8, 4) is 5.75 Å². The number of hydrogen-bond acceptors (Lipinski definition) is 3. The van der Waals surface area contributed by atoms with Crippen molar-refractivity contribution in [2.75, 3.05) is 20.2 Å². The molecular weight excluding hydrogens is 392 g/mol. The van der Waals surface area contributed by atoms with Gasteiger partial charge < -0.3 is 15.4 Å². The Morgan fingerprint density at radius 2 is 1.66 bits per heavy atom. The second-order valence-electron chi connectivity index (χ2n) is 6.15. The van der Waals surface area contributed by atoms with Crippen molar-refractivity contribution in [2.24, 2.45) is 0 Å². The number of halogens is 4. The summed E-state index contributed by atoms with van der Waals surface area (Å²) >= 11 is 0. The summed E-state index contributed by atoms with van der Waals surface area (Å²) in [6.07, 6.45) is -3.99. The first-order chi connectivity index (χ1) is 13.7. The van der Waals surface area contributed by atoms with Gasteiger partial charge in [0.05, 0.1) is 12.7 Å². The van der Waals surface area contributed by atoms with Crippen LogP contribution in [0.1, 0.15) is 27.9 Å². The van der Waals surface area contributed by atoms with Gasteiger partial charge in [0.2, 0.25) is 5.91 Å². The quantitative estimate of drug-likeness (QED) is 0.516. The third-order valence-electron chi connectivity index (χ3n) is 4.06. The zero-order valence-corrected chi connectivity index (χ0v) is 15.6. The molecule has 0 radical (unpaired) electrons. The molecule has 0 aliphatic carbocycles. The number of aryl methyl sites for hydroxylation is 1. The molecule has 5 nitrogen and oxygen atoms in total. The molecule has 29 heavy (non-hydrogen) atoms. The van der Waals surface area contributed by atoms with Crippen LogP contribution < -0.4 is 15.4 Å². The molecule has 2 rings (SSSR count). The van der Waals surface area contributed by atoms with Crippen LogP contribution in [0.5, 0.6) is 5.75 Å². The fourth-order valence-electron chi connectivity index (χ4n) is 2.50. The summed E-state index contributed by atoms with van der Waals surface area (Å²) in [6, 6.07) is 8.29. The first-order valence-electron chi connectivity index (χ1n) is 8.75. The Balaban J connectivity index is 1.69. The van der Waals surface area contributed by atoms with Crippen LogP contribution in [0.2, 0.25) is 0 Å². The summed E-state index contributed by atoms with van der Waals surface area (Å²) in [5, 5.41) is 5.11. The largest absolute Gasteiger partial charge is 0.494 e. The third-order valence-corrected chi connectivity index (χ3v) is 4.06. The van der Waals surface area contributed by atoms with Gasteiger partial charge in [0.1, 0.15) is 0 Å². The summed E-state index contributed by atoms with van der Waals surface area (Å²) in [5.74, 6) is -1.19. The van der Waals surface area contributed by atoms with Gasteiger partial charge in [-0.15, -0.1) is 0 Å². The molecule has 0 spiro atoms. The molecule has 0 aliphatic rings. The Labute approximate surface area is 165 Å². The molecule has 156 valence electrons. The molecule has 0 saturated heterocycles. The Morgan fingerprint density at radius 1 is 1.00 bits per heavy atom. The summed E-state index contributed by atoms with van der Waals surface area (Å²) < 4.78 is 55.9. The van der Waals surface area contributed by atoms with Crippen molar-refractivity contribution in [3.63, 3.8) is 0 Å². The maximum absolute atomic E-state index is 13.6. The van der Waals surface area contributed by atoms with Crippen LogP contribution in [0.4, 0.5) is 17.6 Å². The summed E-state index contributed by atoms with van der Waals surface area (Å²) in [6.45, 7) is 0.269. The highest BCUT2D eigenvalue weighted by Crippen LogP contribution is 2.29. The van der Waals surface area contributed by atoms with Gasteiger partial charge in [-0.05, 0) is 48.4 Å². The highest BCUT2D eigenvalue weighted by Gasteiger charge is 2.30. The second kappa shape index (κ2) is 9.90. The van der Waals surface area contributed by atoms with Crippen LogP contribution in [-0.4, -0.2) is 32.0 Å². The Bertz CT molecular complexity index is 852. The van der Waals surface area contributed by atoms with E-state index in [4.69, 9.17) is 4.74 Å². The molecule has 0 saturated carbocycles. The Hall–Kier alpha value is -3.10. The first kappa shape index (κ1) is 22.2. The molecule has 2 aromatic rings. The van der Waals surface area contributed by atoms with Crippen molar-refractivity contribution in [2.45, 2.75) is 19.0 Å². The molecule has 2 aromatic carbocycles. The van der Waals surface area contributed by atoms with Crippen LogP contribution >= 0.6 is 0 Å². The van der Waals surface area contributed by atoms with E-state index < -0.39 is 23.5 Å². The lowest BCUT2D eigenvalue weighted by Gasteiger charge is -2.09. The number of carbonyl (C=O) groups excluding carboxylic acids is 2. The number of carbonyl (C=O) groups is 2. The SMILES string of the molecule is COc1ccc(CCC(=O)NCCNC(=O)c2ccc(C(F)(F)F)cc2)cc1F. The van der Waals surface area contributed by atoms with Gasteiger partial charge in [0.15, 0.2) is 11.6 Å². The van der Waals surface area contributed by atoms with Crippen LogP contribution in [0, 0.1) is 5.82 Å². The lowest BCUT2D eigenvalue weighted by atomic mass is 10.1. The molecule has 0 aromatic heterocycles. The Morgan fingerprint density at radius 3 is 2.24 bits per heavy atom. The van der Waals surface area contributed by atoms with E-state index in [1.54, 1.807) is 6.07 Å². The minimum atomic E-state index is -4.46. The molecule has 0 fully saturated rings. The minimum Gasteiger partial charge on any atom is -0.494 e. The van der Waals surface area contributed by atoms with E-state index in [-0.39, 0.29) is 36.7 Å². The number of hydrogen-bond donors (Lipinski definition) is 2. The molecule has 0 atom stereocenters. The predicted octanol–water partition coefficient (Wildman–Crippen LogP) is 3.33. The highest BCUT2D eigenvalue weighted by atomic mass is 19.4. The number of rotatable bonds is 8. The molecule has 0 unspecified atom stereocenters. The van der Waals surface area contributed by atoms with Crippen molar-refractivity contribution in [1.82, 2.24) is 10.6 Å². The van der Waals surface area contributed by atoms with Crippen LogP contribution in [0.15, 0.2) is 42.5 Å². The summed E-state index contributed by atoms with van der Waals surface area (Å²) in [7, 11) is 1.36. The number of alkyl halides is 3. The van der Waals surface area contributed by atoms with E-state index >= 15 is 0 Å².